The predicted molar refractivity (Wildman–Crippen MR) is 114 cm³/mol. The molecule has 3 aromatic rings. The third-order valence-corrected chi connectivity index (χ3v) is 5.16. The van der Waals surface area contributed by atoms with Crippen LogP contribution in [0.25, 0.3) is 0 Å². The summed E-state index contributed by atoms with van der Waals surface area (Å²) in [6.07, 6.45) is 3.54. The van der Waals surface area contributed by atoms with Gasteiger partial charge in [-0.2, -0.15) is 0 Å². The number of rotatable bonds is 7. The molecule has 1 aromatic heterocycles. The number of nitrogens with zero attached hydrogens (tertiary/aromatic N) is 2. The fourth-order valence-electron chi connectivity index (χ4n) is 3.47. The first-order chi connectivity index (χ1) is 15.1. The molecule has 2 heterocycles. The van der Waals surface area contributed by atoms with Crippen molar-refractivity contribution >= 4 is 17.5 Å². The minimum atomic E-state index is -0.505. The van der Waals surface area contributed by atoms with Crippen molar-refractivity contribution in [3.05, 3.63) is 90.0 Å². The van der Waals surface area contributed by atoms with Gasteiger partial charge in [-0.15, -0.1) is 0 Å². The number of para-hydroxylation sites is 1. The lowest BCUT2D eigenvalue weighted by atomic mass is 10.1. The van der Waals surface area contributed by atoms with Gasteiger partial charge in [-0.1, -0.05) is 30.3 Å². The average Bonchev–Trinajstić information content (AvgIpc) is 3.19. The molecule has 1 aliphatic rings. The summed E-state index contributed by atoms with van der Waals surface area (Å²) in [4.78, 5) is 30.2. The van der Waals surface area contributed by atoms with E-state index in [0.717, 1.165) is 16.9 Å². The largest absolute Gasteiger partial charge is 0.489 e. The molecule has 1 saturated heterocycles. The maximum absolute atomic E-state index is 14.0. The van der Waals surface area contributed by atoms with Crippen molar-refractivity contribution in [2.75, 3.05) is 11.4 Å². The Hall–Kier alpha value is -3.74. The highest BCUT2D eigenvalue weighted by Gasteiger charge is 2.35. The Bertz CT molecular complexity index is 1060. The van der Waals surface area contributed by atoms with E-state index in [1.807, 2.05) is 36.4 Å². The van der Waals surface area contributed by atoms with E-state index in [1.54, 1.807) is 30.6 Å². The van der Waals surface area contributed by atoms with Gasteiger partial charge in [0.25, 0.3) is 0 Å². The van der Waals surface area contributed by atoms with Crippen LogP contribution < -0.4 is 15.0 Å². The van der Waals surface area contributed by atoms with Crippen LogP contribution in [0.5, 0.6) is 5.75 Å². The van der Waals surface area contributed by atoms with Crippen molar-refractivity contribution in [2.45, 2.75) is 19.6 Å². The number of hydrogen-bond donors (Lipinski definition) is 1. The van der Waals surface area contributed by atoms with Crippen LogP contribution in [-0.2, 0) is 22.7 Å². The van der Waals surface area contributed by atoms with Crippen LogP contribution in [0, 0.1) is 11.7 Å². The molecule has 31 heavy (non-hydrogen) atoms. The smallest absolute Gasteiger partial charge is 0.227 e. The zero-order valence-corrected chi connectivity index (χ0v) is 16.8. The molecule has 6 nitrogen and oxygen atoms in total. The maximum Gasteiger partial charge on any atom is 0.227 e. The molecule has 2 aromatic carbocycles. The third-order valence-electron chi connectivity index (χ3n) is 5.16. The molecule has 1 aliphatic heterocycles. The number of pyridine rings is 1. The second kappa shape index (κ2) is 9.38. The van der Waals surface area contributed by atoms with Crippen LogP contribution in [0.15, 0.2) is 73.1 Å². The van der Waals surface area contributed by atoms with Crippen LogP contribution in [0.3, 0.4) is 0 Å². The number of carbonyl (C=O) groups excluding carboxylic acids is 2. The Morgan fingerprint density at radius 3 is 2.65 bits per heavy atom. The van der Waals surface area contributed by atoms with Gasteiger partial charge in [0.2, 0.25) is 11.8 Å². The number of benzene rings is 2. The highest BCUT2D eigenvalue weighted by Crippen LogP contribution is 2.27. The summed E-state index contributed by atoms with van der Waals surface area (Å²) in [6, 6.07) is 17.3. The fraction of sp³-hybridized carbons (Fsp3) is 0.208. The molecule has 0 bridgehead atoms. The van der Waals surface area contributed by atoms with Crippen molar-refractivity contribution in [1.29, 1.82) is 0 Å². The van der Waals surface area contributed by atoms with Gasteiger partial charge in [0, 0.05) is 37.5 Å². The summed E-state index contributed by atoms with van der Waals surface area (Å²) in [5.74, 6) is -0.720. The predicted octanol–water partition coefficient (Wildman–Crippen LogP) is 3.47. The number of nitrogens with one attached hydrogen (secondary N) is 1. The van der Waals surface area contributed by atoms with Crippen LogP contribution in [0.1, 0.15) is 17.5 Å². The Labute approximate surface area is 179 Å². The summed E-state index contributed by atoms with van der Waals surface area (Å²) in [6.45, 7) is 0.941. The van der Waals surface area contributed by atoms with E-state index in [9.17, 15) is 14.0 Å². The standard InChI is InChI=1S/C24H22FN3O3/c25-21-5-1-2-6-22(21)28-15-19(12-23(28)29)24(30)27-14-17-7-9-20(10-8-17)31-16-18-4-3-11-26-13-18/h1-11,13,19H,12,14-16H2,(H,27,30). The zero-order valence-electron chi connectivity index (χ0n) is 16.8. The number of hydrogen-bond acceptors (Lipinski definition) is 4. The SMILES string of the molecule is O=C(NCc1ccc(OCc2cccnc2)cc1)C1CC(=O)N(c2ccccc2F)C1. The van der Waals surface area contributed by atoms with Gasteiger partial charge >= 0.3 is 0 Å². The zero-order chi connectivity index (χ0) is 21.6. The molecule has 158 valence electrons. The molecular weight excluding hydrogens is 397 g/mol. The highest BCUT2D eigenvalue weighted by molar-refractivity contribution is 6.00. The van der Waals surface area contributed by atoms with Gasteiger partial charge in [0.05, 0.1) is 11.6 Å². The van der Waals surface area contributed by atoms with Crippen molar-refractivity contribution in [1.82, 2.24) is 10.3 Å². The number of carbonyl (C=O) groups is 2. The first kappa shape index (κ1) is 20.5. The van der Waals surface area contributed by atoms with E-state index in [0.29, 0.717) is 13.2 Å². The number of amides is 2. The van der Waals surface area contributed by atoms with Gasteiger partial charge in [-0.3, -0.25) is 14.6 Å². The summed E-state index contributed by atoms with van der Waals surface area (Å²) in [7, 11) is 0. The van der Waals surface area contributed by atoms with Crippen molar-refractivity contribution in [3.63, 3.8) is 0 Å². The molecule has 0 aliphatic carbocycles. The molecular formula is C24H22FN3O3. The van der Waals surface area contributed by atoms with Crippen molar-refractivity contribution in [3.8, 4) is 5.75 Å². The van der Waals surface area contributed by atoms with E-state index in [1.165, 1.54) is 11.0 Å². The molecule has 1 unspecified atom stereocenters. The number of halogens is 1. The minimum absolute atomic E-state index is 0.0707. The highest BCUT2D eigenvalue weighted by atomic mass is 19.1. The number of ether oxygens (including phenoxy) is 1. The summed E-state index contributed by atoms with van der Waals surface area (Å²) in [5.41, 5.74) is 2.11. The Kier molecular flexibility index (Phi) is 6.21. The Balaban J connectivity index is 1.28. The molecule has 4 rings (SSSR count). The first-order valence-corrected chi connectivity index (χ1v) is 10.0. The lowest BCUT2D eigenvalue weighted by molar-refractivity contribution is -0.126. The second-order valence-corrected chi connectivity index (χ2v) is 7.37. The van der Waals surface area contributed by atoms with E-state index < -0.39 is 11.7 Å². The molecule has 1 fully saturated rings. The van der Waals surface area contributed by atoms with Crippen LogP contribution in [-0.4, -0.2) is 23.3 Å². The minimum Gasteiger partial charge on any atom is -0.489 e. The summed E-state index contributed by atoms with van der Waals surface area (Å²) >= 11 is 0. The Morgan fingerprint density at radius 1 is 1.10 bits per heavy atom. The topological polar surface area (TPSA) is 71.5 Å². The molecule has 0 radical (unpaired) electrons. The monoisotopic (exact) mass is 419 g/mol. The van der Waals surface area contributed by atoms with Gasteiger partial charge in [0.15, 0.2) is 0 Å². The number of aromatic nitrogens is 1. The van der Waals surface area contributed by atoms with Crippen LogP contribution in [0.4, 0.5) is 10.1 Å². The van der Waals surface area contributed by atoms with E-state index in [2.05, 4.69) is 10.3 Å². The molecule has 2 amide bonds. The summed E-state index contributed by atoms with van der Waals surface area (Å²) in [5, 5.41) is 2.86. The Morgan fingerprint density at radius 2 is 1.90 bits per heavy atom. The lowest BCUT2D eigenvalue weighted by Gasteiger charge is -2.17. The molecule has 0 saturated carbocycles. The van der Waals surface area contributed by atoms with Gasteiger partial charge in [-0.05, 0) is 35.9 Å². The third kappa shape index (κ3) is 5.06. The van der Waals surface area contributed by atoms with Crippen molar-refractivity contribution in [2.24, 2.45) is 5.92 Å². The van der Waals surface area contributed by atoms with Crippen LogP contribution in [0.2, 0.25) is 0 Å². The summed E-state index contributed by atoms with van der Waals surface area (Å²) < 4.78 is 19.7. The second-order valence-electron chi connectivity index (χ2n) is 7.37. The lowest BCUT2D eigenvalue weighted by Crippen LogP contribution is -2.32. The normalized spacial score (nSPS) is 15.7. The molecule has 1 atom stereocenters. The molecule has 7 heteroatoms. The molecule has 0 spiro atoms. The fourth-order valence-corrected chi connectivity index (χ4v) is 3.47. The van der Waals surface area contributed by atoms with E-state index in [-0.39, 0.29) is 30.5 Å². The quantitative estimate of drug-likeness (QED) is 0.637. The van der Waals surface area contributed by atoms with E-state index in [4.69, 9.17) is 4.74 Å². The van der Waals surface area contributed by atoms with Gasteiger partial charge in [0.1, 0.15) is 18.2 Å². The maximum atomic E-state index is 14.0. The molecule has 1 N–H and O–H groups in total. The van der Waals surface area contributed by atoms with Gasteiger partial charge in [-0.25, -0.2) is 4.39 Å². The van der Waals surface area contributed by atoms with Crippen LogP contribution >= 0.6 is 0 Å². The van der Waals surface area contributed by atoms with E-state index >= 15 is 0 Å². The average molecular weight is 419 g/mol. The first-order valence-electron chi connectivity index (χ1n) is 10.0. The van der Waals surface area contributed by atoms with Crippen molar-refractivity contribution < 1.29 is 18.7 Å². The van der Waals surface area contributed by atoms with Gasteiger partial charge < -0.3 is 15.0 Å². The number of anilines is 1.